The van der Waals surface area contributed by atoms with Crippen molar-refractivity contribution in [3.05, 3.63) is 119 Å². The van der Waals surface area contributed by atoms with Crippen LogP contribution < -0.4 is 10.2 Å². The summed E-state index contributed by atoms with van der Waals surface area (Å²) in [6.07, 6.45) is 3.37. The van der Waals surface area contributed by atoms with Crippen LogP contribution in [-0.2, 0) is 23.9 Å². The van der Waals surface area contributed by atoms with Crippen LogP contribution in [0.5, 0.6) is 0 Å². The molecule has 6 nitrogen and oxygen atoms in total. The molecule has 1 atom stereocenters. The van der Waals surface area contributed by atoms with Gasteiger partial charge in [0.05, 0.1) is 38.4 Å². The Kier molecular flexibility index (Phi) is 6.48. The molecule has 3 aromatic carbocycles. The summed E-state index contributed by atoms with van der Waals surface area (Å²) in [5.74, 6) is -0.528. The van der Waals surface area contributed by atoms with Gasteiger partial charge in [0.1, 0.15) is 0 Å². The number of fused-ring (bicyclic) bond motifs is 2. The van der Waals surface area contributed by atoms with Crippen LogP contribution in [-0.4, -0.2) is 21.0 Å². The number of nitrogens with one attached hydrogen (secondary N) is 1. The van der Waals surface area contributed by atoms with Crippen LogP contribution >= 0.6 is 0 Å². The van der Waals surface area contributed by atoms with Crippen LogP contribution in [0.15, 0.2) is 95.0 Å². The number of amides is 2. The second-order valence-corrected chi connectivity index (χ2v) is 10.2. The number of pyridine rings is 1. The number of benzene rings is 3. The standard InChI is InChI=1S/C29H25N3O3S/c1-19-9-10-20(2)23(14-19)18-32-25-15-22(28(33)31-17-21-6-5-13-30-16-21)11-12-27(25)36(35)26-8-4-3-7-24(26)29(32)34/h3-16H,17-18H2,1-2H3,(H,31,33). The smallest absolute Gasteiger partial charge is 0.259 e. The molecule has 1 unspecified atom stereocenters. The lowest BCUT2D eigenvalue weighted by Crippen LogP contribution is -2.31. The highest BCUT2D eigenvalue weighted by Gasteiger charge is 2.31. The van der Waals surface area contributed by atoms with Crippen LogP contribution in [0.1, 0.15) is 43.0 Å². The van der Waals surface area contributed by atoms with Crippen LogP contribution in [0.4, 0.5) is 5.69 Å². The number of anilines is 1. The van der Waals surface area contributed by atoms with Crippen molar-refractivity contribution in [3.63, 3.8) is 0 Å². The van der Waals surface area contributed by atoms with Crippen molar-refractivity contribution in [2.45, 2.75) is 36.7 Å². The van der Waals surface area contributed by atoms with Crippen molar-refractivity contribution in [2.75, 3.05) is 4.90 Å². The van der Waals surface area contributed by atoms with E-state index in [0.717, 1.165) is 22.3 Å². The fourth-order valence-electron chi connectivity index (χ4n) is 4.29. The Bertz CT molecular complexity index is 1500. The monoisotopic (exact) mass is 495 g/mol. The summed E-state index contributed by atoms with van der Waals surface area (Å²) in [4.78, 5) is 33.5. The molecule has 0 saturated carbocycles. The third-order valence-electron chi connectivity index (χ3n) is 6.28. The number of carbonyl (C=O) groups excluding carboxylic acids is 2. The number of nitrogens with zero attached hydrogens (tertiary/aromatic N) is 2. The van der Waals surface area contributed by atoms with Gasteiger partial charge in [-0.15, -0.1) is 0 Å². The Morgan fingerprint density at radius 2 is 1.81 bits per heavy atom. The average molecular weight is 496 g/mol. The Morgan fingerprint density at radius 3 is 2.61 bits per heavy atom. The van der Waals surface area contributed by atoms with Crippen LogP contribution in [0.2, 0.25) is 0 Å². The van der Waals surface area contributed by atoms with E-state index in [2.05, 4.69) is 16.4 Å². The van der Waals surface area contributed by atoms with E-state index in [1.54, 1.807) is 59.8 Å². The molecule has 0 bridgehead atoms. The molecule has 0 fully saturated rings. The zero-order valence-electron chi connectivity index (χ0n) is 20.0. The summed E-state index contributed by atoms with van der Waals surface area (Å²) in [7, 11) is -1.57. The van der Waals surface area contributed by atoms with Gasteiger partial charge in [0.15, 0.2) is 0 Å². The molecular weight excluding hydrogens is 470 g/mol. The van der Waals surface area contributed by atoms with E-state index in [1.807, 2.05) is 38.1 Å². The molecule has 0 spiro atoms. The predicted molar refractivity (Wildman–Crippen MR) is 139 cm³/mol. The first-order chi connectivity index (χ1) is 17.4. The minimum absolute atomic E-state index is 0.244. The lowest BCUT2D eigenvalue weighted by molar-refractivity contribution is 0.0947. The summed E-state index contributed by atoms with van der Waals surface area (Å²) in [6, 6.07) is 21.8. The Labute approximate surface area is 212 Å². The van der Waals surface area contributed by atoms with Crippen molar-refractivity contribution in [1.82, 2.24) is 10.3 Å². The van der Waals surface area contributed by atoms with Gasteiger partial charge in [-0.2, -0.15) is 0 Å². The average Bonchev–Trinajstić information content (AvgIpc) is 2.99. The molecule has 2 heterocycles. The first-order valence-electron chi connectivity index (χ1n) is 11.6. The zero-order chi connectivity index (χ0) is 25.2. The molecule has 36 heavy (non-hydrogen) atoms. The number of aromatic nitrogens is 1. The van der Waals surface area contributed by atoms with Crippen LogP contribution in [0.3, 0.4) is 0 Å². The third kappa shape index (κ3) is 4.57. The lowest BCUT2D eigenvalue weighted by atomic mass is 10.0. The van der Waals surface area contributed by atoms with Crippen molar-refractivity contribution in [2.24, 2.45) is 0 Å². The first kappa shape index (κ1) is 23.6. The first-order valence-corrected chi connectivity index (χ1v) is 12.8. The van der Waals surface area contributed by atoms with E-state index in [-0.39, 0.29) is 11.8 Å². The summed E-state index contributed by atoms with van der Waals surface area (Å²) >= 11 is 0. The maximum atomic E-state index is 13.8. The molecule has 0 saturated heterocycles. The van der Waals surface area contributed by atoms with Gasteiger partial charge in [0, 0.05) is 24.5 Å². The van der Waals surface area contributed by atoms with E-state index in [9.17, 15) is 13.8 Å². The van der Waals surface area contributed by atoms with Crippen molar-refractivity contribution < 1.29 is 13.8 Å². The minimum atomic E-state index is -1.57. The quantitative estimate of drug-likeness (QED) is 0.425. The maximum absolute atomic E-state index is 13.8. The third-order valence-corrected chi connectivity index (χ3v) is 7.78. The van der Waals surface area contributed by atoms with Crippen molar-refractivity contribution in [1.29, 1.82) is 0 Å². The topological polar surface area (TPSA) is 79.4 Å². The van der Waals surface area contributed by atoms with Gasteiger partial charge in [-0.05, 0) is 66.9 Å². The largest absolute Gasteiger partial charge is 0.348 e. The minimum Gasteiger partial charge on any atom is -0.348 e. The number of aryl methyl sites for hydroxylation is 2. The van der Waals surface area contributed by atoms with Gasteiger partial charge in [-0.25, -0.2) is 4.21 Å². The second kappa shape index (κ2) is 9.87. The Morgan fingerprint density at radius 1 is 0.972 bits per heavy atom. The highest BCUT2D eigenvalue weighted by atomic mass is 32.2. The highest BCUT2D eigenvalue weighted by molar-refractivity contribution is 7.85. The van der Waals surface area contributed by atoms with E-state index >= 15 is 0 Å². The number of hydrogen-bond donors (Lipinski definition) is 1. The highest BCUT2D eigenvalue weighted by Crippen LogP contribution is 2.36. The fourth-order valence-corrected chi connectivity index (χ4v) is 5.63. The van der Waals surface area contributed by atoms with Gasteiger partial charge in [-0.1, -0.05) is 42.0 Å². The molecule has 2 amide bonds. The predicted octanol–water partition coefficient (Wildman–Crippen LogP) is 4.96. The number of rotatable bonds is 5. The molecule has 5 rings (SSSR count). The second-order valence-electron chi connectivity index (χ2n) is 8.81. The SMILES string of the molecule is Cc1ccc(C)c(CN2C(=O)c3ccccc3S(=O)c3ccc(C(=O)NCc4cccnc4)cc32)c1. The molecule has 7 heteroatoms. The normalized spacial score (nSPS) is 14.6. The van der Waals surface area contributed by atoms with Crippen LogP contribution in [0.25, 0.3) is 0 Å². The number of hydrogen-bond acceptors (Lipinski definition) is 4. The van der Waals surface area contributed by atoms with E-state index in [0.29, 0.717) is 39.7 Å². The Hall–Kier alpha value is -4.10. The summed E-state index contributed by atoms with van der Waals surface area (Å²) in [5.41, 5.74) is 5.28. The van der Waals surface area contributed by atoms with Gasteiger partial charge in [0.2, 0.25) is 0 Å². The van der Waals surface area contributed by atoms with Gasteiger partial charge >= 0.3 is 0 Å². The molecule has 1 aromatic heterocycles. The van der Waals surface area contributed by atoms with Crippen molar-refractivity contribution in [3.8, 4) is 0 Å². The van der Waals surface area contributed by atoms with Gasteiger partial charge < -0.3 is 10.2 Å². The molecule has 1 N–H and O–H groups in total. The van der Waals surface area contributed by atoms with Gasteiger partial charge in [0.25, 0.3) is 11.8 Å². The maximum Gasteiger partial charge on any atom is 0.259 e. The molecule has 1 aliphatic rings. The van der Waals surface area contributed by atoms with Gasteiger partial charge in [-0.3, -0.25) is 14.6 Å². The summed E-state index contributed by atoms with van der Waals surface area (Å²) < 4.78 is 13.6. The molecular formula is C29H25N3O3S. The fraction of sp³-hybridized carbons (Fsp3) is 0.138. The van der Waals surface area contributed by atoms with E-state index in [1.165, 1.54) is 0 Å². The zero-order valence-corrected chi connectivity index (χ0v) is 20.8. The van der Waals surface area contributed by atoms with Crippen molar-refractivity contribution >= 4 is 28.3 Å². The number of carbonyl (C=O) groups is 2. The molecule has 4 aromatic rings. The Balaban J connectivity index is 1.57. The van der Waals surface area contributed by atoms with Crippen LogP contribution in [0, 0.1) is 13.8 Å². The van der Waals surface area contributed by atoms with E-state index in [4.69, 9.17) is 0 Å². The molecule has 0 aliphatic carbocycles. The molecule has 1 aliphatic heterocycles. The molecule has 0 radical (unpaired) electrons. The molecule has 180 valence electrons. The summed E-state index contributed by atoms with van der Waals surface area (Å²) in [6.45, 7) is 4.64. The van der Waals surface area contributed by atoms with E-state index < -0.39 is 10.8 Å². The summed E-state index contributed by atoms with van der Waals surface area (Å²) in [5, 5.41) is 2.90. The lowest BCUT2D eigenvalue weighted by Gasteiger charge is -2.24.